The summed E-state index contributed by atoms with van der Waals surface area (Å²) in [6, 6.07) is 4.89. The van der Waals surface area contributed by atoms with Gasteiger partial charge in [0.2, 0.25) is 5.91 Å². The van der Waals surface area contributed by atoms with Gasteiger partial charge in [-0.2, -0.15) is 0 Å². The van der Waals surface area contributed by atoms with Crippen molar-refractivity contribution in [2.24, 2.45) is 0 Å². The highest BCUT2D eigenvalue weighted by Crippen LogP contribution is 2.22. The molecule has 0 spiro atoms. The molecule has 0 heterocycles. The van der Waals surface area contributed by atoms with Gasteiger partial charge in [-0.15, -0.1) is 0 Å². The van der Waals surface area contributed by atoms with Gasteiger partial charge in [0.1, 0.15) is 6.61 Å². The average molecular weight is 273 g/mol. The Morgan fingerprint density at radius 2 is 2.22 bits per heavy atom. The Kier molecular flexibility index (Phi) is 6.49. The molecule has 3 N–H and O–H groups in total. The van der Waals surface area contributed by atoms with Crippen LogP contribution in [-0.2, 0) is 14.3 Å². The van der Waals surface area contributed by atoms with Crippen molar-refractivity contribution in [3.05, 3.63) is 23.2 Å². The number of carbonyl (C=O) groups excluding carboxylic acids is 1. The van der Waals surface area contributed by atoms with E-state index in [2.05, 4.69) is 5.32 Å². The largest absolute Gasteiger partial charge is 0.397 e. The number of nitrogens with two attached hydrogens (primary N) is 1. The lowest BCUT2D eigenvalue weighted by molar-refractivity contribution is -0.120. The second kappa shape index (κ2) is 7.92. The highest BCUT2D eigenvalue weighted by molar-refractivity contribution is 6.31. The van der Waals surface area contributed by atoms with Gasteiger partial charge < -0.3 is 20.5 Å². The molecule has 0 saturated heterocycles. The molecule has 6 heteroatoms. The Balaban J connectivity index is 2.33. The van der Waals surface area contributed by atoms with Gasteiger partial charge in [0, 0.05) is 25.3 Å². The van der Waals surface area contributed by atoms with E-state index in [0.29, 0.717) is 29.6 Å². The fourth-order valence-corrected chi connectivity index (χ4v) is 1.47. The van der Waals surface area contributed by atoms with E-state index in [9.17, 15) is 4.79 Å². The molecule has 1 aromatic carbocycles. The molecule has 18 heavy (non-hydrogen) atoms. The highest BCUT2D eigenvalue weighted by atomic mass is 35.5. The van der Waals surface area contributed by atoms with Crippen LogP contribution < -0.4 is 11.1 Å². The SMILES string of the molecule is COCCCOCC(=O)Nc1cc(Cl)ccc1N. The Bertz CT molecular complexity index is 399. The van der Waals surface area contributed by atoms with Gasteiger partial charge in [-0.3, -0.25) is 4.79 Å². The number of ether oxygens (including phenoxy) is 2. The summed E-state index contributed by atoms with van der Waals surface area (Å²) in [5.74, 6) is -0.263. The van der Waals surface area contributed by atoms with Gasteiger partial charge in [0.05, 0.1) is 11.4 Å². The topological polar surface area (TPSA) is 73.6 Å². The fourth-order valence-electron chi connectivity index (χ4n) is 1.29. The summed E-state index contributed by atoms with van der Waals surface area (Å²) < 4.78 is 10.0. The third kappa shape index (κ3) is 5.35. The number of rotatable bonds is 7. The predicted molar refractivity (Wildman–Crippen MR) is 71.8 cm³/mol. The molecular formula is C12H17ClN2O3. The van der Waals surface area contributed by atoms with Gasteiger partial charge >= 0.3 is 0 Å². The molecule has 0 saturated carbocycles. The summed E-state index contributed by atoms with van der Waals surface area (Å²) in [6.07, 6.45) is 0.753. The van der Waals surface area contributed by atoms with Gasteiger partial charge in [0.25, 0.3) is 0 Å². The number of nitrogen functional groups attached to an aromatic ring is 1. The summed E-state index contributed by atoms with van der Waals surface area (Å²) in [6.45, 7) is 1.07. The fraction of sp³-hybridized carbons (Fsp3) is 0.417. The molecule has 0 bridgehead atoms. The Hall–Kier alpha value is -1.30. The molecule has 0 aliphatic rings. The van der Waals surface area contributed by atoms with Crippen LogP contribution in [0, 0.1) is 0 Å². The molecule has 0 aromatic heterocycles. The standard InChI is InChI=1S/C12H17ClN2O3/c1-17-5-2-6-18-8-12(16)15-11-7-9(13)3-4-10(11)14/h3-4,7H,2,5-6,8,14H2,1H3,(H,15,16). The van der Waals surface area contributed by atoms with Crippen LogP contribution in [0.15, 0.2) is 18.2 Å². The van der Waals surface area contributed by atoms with Gasteiger partial charge in [-0.1, -0.05) is 11.6 Å². The maximum atomic E-state index is 11.5. The highest BCUT2D eigenvalue weighted by Gasteiger charge is 2.05. The van der Waals surface area contributed by atoms with Crippen LogP contribution in [0.1, 0.15) is 6.42 Å². The van der Waals surface area contributed by atoms with Crippen LogP contribution in [-0.4, -0.2) is 32.8 Å². The van der Waals surface area contributed by atoms with E-state index in [1.807, 2.05) is 0 Å². The van der Waals surface area contributed by atoms with Crippen molar-refractivity contribution in [1.29, 1.82) is 0 Å². The molecule has 0 aliphatic carbocycles. The third-order valence-electron chi connectivity index (χ3n) is 2.16. The number of hydrogen-bond acceptors (Lipinski definition) is 4. The van der Waals surface area contributed by atoms with Crippen molar-refractivity contribution in [3.63, 3.8) is 0 Å². The predicted octanol–water partition coefficient (Wildman–Crippen LogP) is 1.91. The molecule has 0 radical (unpaired) electrons. The first kappa shape index (κ1) is 14.8. The van der Waals surface area contributed by atoms with E-state index in [0.717, 1.165) is 6.42 Å². The first-order valence-corrected chi connectivity index (χ1v) is 5.93. The maximum absolute atomic E-state index is 11.5. The van der Waals surface area contributed by atoms with Crippen molar-refractivity contribution in [2.75, 3.05) is 38.0 Å². The number of nitrogens with one attached hydrogen (secondary N) is 1. The first-order chi connectivity index (χ1) is 8.63. The first-order valence-electron chi connectivity index (χ1n) is 5.55. The zero-order chi connectivity index (χ0) is 13.4. The second-order valence-electron chi connectivity index (χ2n) is 3.68. The minimum absolute atomic E-state index is 0.0182. The van der Waals surface area contributed by atoms with E-state index < -0.39 is 0 Å². The zero-order valence-corrected chi connectivity index (χ0v) is 11.0. The zero-order valence-electron chi connectivity index (χ0n) is 10.2. The summed E-state index contributed by atoms with van der Waals surface area (Å²) in [7, 11) is 1.62. The van der Waals surface area contributed by atoms with Gasteiger partial charge in [-0.25, -0.2) is 0 Å². The van der Waals surface area contributed by atoms with E-state index >= 15 is 0 Å². The number of carbonyl (C=O) groups is 1. The summed E-state index contributed by atoms with van der Waals surface area (Å²) >= 11 is 5.81. The van der Waals surface area contributed by atoms with E-state index in [4.69, 9.17) is 26.8 Å². The minimum atomic E-state index is -0.263. The van der Waals surface area contributed by atoms with E-state index in [1.54, 1.807) is 25.3 Å². The quantitative estimate of drug-likeness (QED) is 0.587. The lowest BCUT2D eigenvalue weighted by Crippen LogP contribution is -2.19. The number of halogens is 1. The molecule has 100 valence electrons. The molecule has 1 rings (SSSR count). The van der Waals surface area contributed by atoms with Crippen molar-refractivity contribution in [3.8, 4) is 0 Å². The number of hydrogen-bond donors (Lipinski definition) is 2. The number of anilines is 2. The summed E-state index contributed by atoms with van der Waals surface area (Å²) in [5.41, 5.74) is 6.66. The van der Waals surface area contributed by atoms with Crippen LogP contribution >= 0.6 is 11.6 Å². The Morgan fingerprint density at radius 1 is 1.44 bits per heavy atom. The average Bonchev–Trinajstić information content (AvgIpc) is 2.33. The van der Waals surface area contributed by atoms with Crippen LogP contribution in [0.5, 0.6) is 0 Å². The Labute approximate surface area is 111 Å². The van der Waals surface area contributed by atoms with Crippen molar-refractivity contribution < 1.29 is 14.3 Å². The molecule has 0 unspecified atom stereocenters. The number of benzene rings is 1. The lowest BCUT2D eigenvalue weighted by atomic mass is 10.2. The van der Waals surface area contributed by atoms with Crippen LogP contribution in [0.3, 0.4) is 0 Å². The molecule has 0 aliphatic heterocycles. The normalized spacial score (nSPS) is 10.3. The molecule has 1 aromatic rings. The van der Waals surface area contributed by atoms with E-state index in [1.165, 1.54) is 0 Å². The molecule has 0 atom stereocenters. The maximum Gasteiger partial charge on any atom is 0.250 e. The number of methoxy groups -OCH3 is 1. The molecular weight excluding hydrogens is 256 g/mol. The minimum Gasteiger partial charge on any atom is -0.397 e. The Morgan fingerprint density at radius 3 is 2.94 bits per heavy atom. The third-order valence-corrected chi connectivity index (χ3v) is 2.39. The van der Waals surface area contributed by atoms with Gasteiger partial charge in [-0.05, 0) is 24.6 Å². The van der Waals surface area contributed by atoms with Crippen molar-refractivity contribution in [1.82, 2.24) is 0 Å². The molecule has 0 fully saturated rings. The van der Waals surface area contributed by atoms with Crippen LogP contribution in [0.2, 0.25) is 5.02 Å². The van der Waals surface area contributed by atoms with Crippen LogP contribution in [0.4, 0.5) is 11.4 Å². The summed E-state index contributed by atoms with van der Waals surface area (Å²) in [4.78, 5) is 11.5. The lowest BCUT2D eigenvalue weighted by Gasteiger charge is -2.09. The smallest absolute Gasteiger partial charge is 0.250 e. The molecule has 5 nitrogen and oxygen atoms in total. The van der Waals surface area contributed by atoms with Gasteiger partial charge in [0.15, 0.2) is 0 Å². The van der Waals surface area contributed by atoms with Crippen molar-refractivity contribution in [2.45, 2.75) is 6.42 Å². The summed E-state index contributed by atoms with van der Waals surface area (Å²) in [5, 5.41) is 3.15. The monoisotopic (exact) mass is 272 g/mol. The van der Waals surface area contributed by atoms with Crippen molar-refractivity contribution >= 4 is 28.9 Å². The number of amides is 1. The second-order valence-corrected chi connectivity index (χ2v) is 4.12. The molecule has 1 amide bonds. The van der Waals surface area contributed by atoms with E-state index in [-0.39, 0.29) is 12.5 Å². The van der Waals surface area contributed by atoms with Crippen LogP contribution in [0.25, 0.3) is 0 Å².